The van der Waals surface area contributed by atoms with Crippen LogP contribution in [0.2, 0.25) is 5.15 Å². The van der Waals surface area contributed by atoms with E-state index in [-0.39, 0.29) is 5.95 Å². The third kappa shape index (κ3) is 1.76. The first-order valence-corrected chi connectivity index (χ1v) is 5.45. The fourth-order valence-corrected chi connectivity index (χ4v) is 1.84. The third-order valence-corrected chi connectivity index (χ3v) is 2.64. The van der Waals surface area contributed by atoms with E-state index in [4.69, 9.17) is 17.3 Å². The van der Waals surface area contributed by atoms with Gasteiger partial charge in [-0.05, 0) is 18.2 Å². The number of nitrogen functional groups attached to an aromatic ring is 1. The van der Waals surface area contributed by atoms with Crippen molar-refractivity contribution in [2.45, 2.75) is 0 Å². The van der Waals surface area contributed by atoms with Crippen LogP contribution in [0.25, 0.3) is 16.9 Å². The van der Waals surface area contributed by atoms with Crippen LogP contribution in [-0.2, 0) is 0 Å². The van der Waals surface area contributed by atoms with Crippen LogP contribution in [0.5, 0.6) is 0 Å². The Bertz CT molecular complexity index is 739. The minimum atomic E-state index is -0.470. The van der Waals surface area contributed by atoms with Crippen molar-refractivity contribution in [1.82, 2.24) is 19.6 Å². The molecular formula is C11H7ClFN5. The molecule has 0 atom stereocenters. The van der Waals surface area contributed by atoms with Crippen molar-refractivity contribution in [1.29, 1.82) is 0 Å². The number of anilines is 1. The predicted octanol–water partition coefficient (Wildman–Crippen LogP) is 2.17. The summed E-state index contributed by atoms with van der Waals surface area (Å²) in [6.45, 7) is 0. The number of aromatic nitrogens is 4. The molecule has 0 saturated carbocycles. The van der Waals surface area contributed by atoms with Crippen molar-refractivity contribution in [2.24, 2.45) is 0 Å². The van der Waals surface area contributed by atoms with E-state index in [0.29, 0.717) is 22.1 Å². The third-order valence-electron chi connectivity index (χ3n) is 2.43. The molecule has 90 valence electrons. The molecule has 5 nitrogen and oxygen atoms in total. The molecule has 3 heterocycles. The van der Waals surface area contributed by atoms with E-state index in [1.807, 2.05) is 0 Å². The topological polar surface area (TPSA) is 69.1 Å². The molecule has 0 bridgehead atoms. The van der Waals surface area contributed by atoms with Crippen molar-refractivity contribution in [3.05, 3.63) is 41.4 Å². The summed E-state index contributed by atoms with van der Waals surface area (Å²) in [4.78, 5) is 8.02. The van der Waals surface area contributed by atoms with Gasteiger partial charge >= 0.3 is 0 Å². The Morgan fingerprint density at radius 2 is 2.11 bits per heavy atom. The van der Waals surface area contributed by atoms with Gasteiger partial charge in [0.2, 0.25) is 5.95 Å². The molecule has 0 fully saturated rings. The van der Waals surface area contributed by atoms with Gasteiger partial charge in [0.25, 0.3) is 0 Å². The lowest BCUT2D eigenvalue weighted by Gasteiger charge is -2.03. The summed E-state index contributed by atoms with van der Waals surface area (Å²) in [5, 5.41) is 4.12. The maximum absolute atomic E-state index is 13.9. The Balaban J connectivity index is 2.25. The van der Waals surface area contributed by atoms with Crippen LogP contribution >= 0.6 is 11.6 Å². The fourth-order valence-electron chi connectivity index (χ4n) is 1.68. The van der Waals surface area contributed by atoms with Crippen molar-refractivity contribution in [2.75, 3.05) is 5.73 Å². The van der Waals surface area contributed by atoms with E-state index in [1.165, 1.54) is 16.8 Å². The molecule has 0 aromatic carbocycles. The summed E-state index contributed by atoms with van der Waals surface area (Å²) in [6, 6.07) is 6.51. The fraction of sp³-hybridized carbons (Fsp3) is 0. The van der Waals surface area contributed by atoms with Crippen LogP contribution < -0.4 is 5.73 Å². The number of hydrogen-bond acceptors (Lipinski definition) is 4. The van der Waals surface area contributed by atoms with Gasteiger partial charge in [-0.2, -0.15) is 4.98 Å². The first kappa shape index (κ1) is 10.9. The van der Waals surface area contributed by atoms with Gasteiger partial charge in [-0.3, -0.25) is 0 Å². The molecule has 7 heteroatoms. The number of rotatable bonds is 1. The Morgan fingerprint density at radius 1 is 1.28 bits per heavy atom. The second-order valence-corrected chi connectivity index (χ2v) is 4.04. The molecule has 0 spiro atoms. The summed E-state index contributed by atoms with van der Waals surface area (Å²) in [5.41, 5.74) is 6.64. The molecule has 0 aliphatic carbocycles. The molecule has 0 amide bonds. The normalized spacial score (nSPS) is 11.0. The van der Waals surface area contributed by atoms with E-state index in [0.717, 1.165) is 0 Å². The molecule has 0 aliphatic heterocycles. The van der Waals surface area contributed by atoms with Crippen LogP contribution in [0.1, 0.15) is 0 Å². The van der Waals surface area contributed by atoms with Crippen molar-refractivity contribution in [3.8, 4) is 11.3 Å². The van der Waals surface area contributed by atoms with Gasteiger partial charge in [-0.1, -0.05) is 17.7 Å². The quantitative estimate of drug-likeness (QED) is 0.683. The van der Waals surface area contributed by atoms with E-state index in [2.05, 4.69) is 15.1 Å². The van der Waals surface area contributed by atoms with Gasteiger partial charge < -0.3 is 5.73 Å². The summed E-state index contributed by atoms with van der Waals surface area (Å²) >= 11 is 5.78. The zero-order valence-corrected chi connectivity index (χ0v) is 9.76. The predicted molar refractivity (Wildman–Crippen MR) is 65.6 cm³/mol. The summed E-state index contributed by atoms with van der Waals surface area (Å²) in [5.74, 6) is -0.382. The second-order valence-electron chi connectivity index (χ2n) is 3.65. The molecule has 3 aromatic rings. The number of pyridine rings is 2. The highest BCUT2D eigenvalue weighted by molar-refractivity contribution is 6.29. The Kier molecular flexibility index (Phi) is 2.38. The largest absolute Gasteiger partial charge is 0.366 e. The summed E-state index contributed by atoms with van der Waals surface area (Å²) in [7, 11) is 0. The zero-order valence-electron chi connectivity index (χ0n) is 9.01. The van der Waals surface area contributed by atoms with Crippen LogP contribution in [-0.4, -0.2) is 19.6 Å². The van der Waals surface area contributed by atoms with Gasteiger partial charge in [0.15, 0.2) is 11.5 Å². The van der Waals surface area contributed by atoms with Crippen molar-refractivity contribution in [3.63, 3.8) is 0 Å². The van der Waals surface area contributed by atoms with E-state index < -0.39 is 5.82 Å². The molecule has 0 saturated heterocycles. The molecule has 0 unspecified atom stereocenters. The van der Waals surface area contributed by atoms with Gasteiger partial charge in [0.1, 0.15) is 5.15 Å². The summed E-state index contributed by atoms with van der Waals surface area (Å²) in [6.07, 6.45) is 1.20. The van der Waals surface area contributed by atoms with E-state index >= 15 is 0 Å². The minimum Gasteiger partial charge on any atom is -0.366 e. The molecule has 2 N–H and O–H groups in total. The molecule has 0 aliphatic rings. The van der Waals surface area contributed by atoms with Gasteiger partial charge in [-0.15, -0.1) is 5.10 Å². The van der Waals surface area contributed by atoms with E-state index in [1.54, 1.807) is 18.2 Å². The first-order chi connectivity index (χ1) is 8.63. The second kappa shape index (κ2) is 3.92. The first-order valence-electron chi connectivity index (χ1n) is 5.08. The van der Waals surface area contributed by atoms with Crippen molar-refractivity contribution < 1.29 is 4.39 Å². The minimum absolute atomic E-state index is 0.0885. The maximum Gasteiger partial charge on any atom is 0.240 e. The molecule has 3 aromatic heterocycles. The van der Waals surface area contributed by atoms with Crippen LogP contribution in [0, 0.1) is 5.82 Å². The average Bonchev–Trinajstić information content (AvgIpc) is 2.67. The standard InChI is InChI=1S/C11H7ClFN5/c12-9-3-1-2-8(15-9)6-4-10-16-11(14)17-18(10)5-7(6)13/h1-5H,(H2,14,17). The van der Waals surface area contributed by atoms with Gasteiger partial charge in [-0.25, -0.2) is 13.9 Å². The Morgan fingerprint density at radius 3 is 2.89 bits per heavy atom. The SMILES string of the molecule is Nc1nc2cc(-c3cccc(Cl)n3)c(F)cn2n1. The molecule has 18 heavy (non-hydrogen) atoms. The monoisotopic (exact) mass is 263 g/mol. The highest BCUT2D eigenvalue weighted by Gasteiger charge is 2.11. The molecular weight excluding hydrogens is 257 g/mol. The van der Waals surface area contributed by atoms with E-state index in [9.17, 15) is 4.39 Å². The zero-order chi connectivity index (χ0) is 12.7. The number of nitrogens with two attached hydrogens (primary N) is 1. The highest BCUT2D eigenvalue weighted by Crippen LogP contribution is 2.23. The number of hydrogen-bond donors (Lipinski definition) is 1. The Labute approximate surface area is 106 Å². The lowest BCUT2D eigenvalue weighted by molar-refractivity contribution is 0.618. The van der Waals surface area contributed by atoms with Crippen molar-refractivity contribution >= 4 is 23.2 Å². The molecule has 3 rings (SSSR count). The number of nitrogens with zero attached hydrogens (tertiary/aromatic N) is 4. The lowest BCUT2D eigenvalue weighted by Crippen LogP contribution is -1.94. The lowest BCUT2D eigenvalue weighted by atomic mass is 10.1. The van der Waals surface area contributed by atoms with Gasteiger partial charge in [0.05, 0.1) is 11.9 Å². The summed E-state index contributed by atoms with van der Waals surface area (Å²) < 4.78 is 15.2. The van der Waals surface area contributed by atoms with Crippen LogP contribution in [0.3, 0.4) is 0 Å². The molecule has 0 radical (unpaired) electrons. The number of halogens is 2. The van der Waals surface area contributed by atoms with Crippen LogP contribution in [0.15, 0.2) is 30.5 Å². The Hall–Kier alpha value is -2.21. The maximum atomic E-state index is 13.9. The van der Waals surface area contributed by atoms with Gasteiger partial charge in [0, 0.05) is 5.56 Å². The number of fused-ring (bicyclic) bond motifs is 1. The smallest absolute Gasteiger partial charge is 0.240 e. The highest BCUT2D eigenvalue weighted by atomic mass is 35.5. The average molecular weight is 264 g/mol. The van der Waals surface area contributed by atoms with Crippen LogP contribution in [0.4, 0.5) is 10.3 Å².